The molecule has 98 valence electrons. The van der Waals surface area contributed by atoms with Crippen molar-refractivity contribution in [3.05, 3.63) is 41.7 Å². The lowest BCUT2D eigenvalue weighted by Gasteiger charge is -2.05. The highest BCUT2D eigenvalue weighted by Crippen LogP contribution is 2.07. The van der Waals surface area contributed by atoms with E-state index in [1.54, 1.807) is 18.2 Å². The molecule has 0 fully saturated rings. The molecule has 0 saturated carbocycles. The number of carbonyl (C=O) groups is 1. The molecular formula is C13H15N5O. The molecule has 6 heteroatoms. The first-order valence-corrected chi connectivity index (χ1v) is 6.01. The van der Waals surface area contributed by atoms with Gasteiger partial charge in [-0.05, 0) is 38.1 Å². The summed E-state index contributed by atoms with van der Waals surface area (Å²) in [5.41, 5.74) is 1.09. The van der Waals surface area contributed by atoms with Crippen molar-refractivity contribution in [2.24, 2.45) is 0 Å². The van der Waals surface area contributed by atoms with Crippen LogP contribution in [-0.2, 0) is 0 Å². The van der Waals surface area contributed by atoms with Crippen molar-refractivity contribution < 1.29 is 4.79 Å². The molecule has 0 atom stereocenters. The minimum atomic E-state index is -0.325. The predicted octanol–water partition coefficient (Wildman–Crippen LogP) is 1.86. The zero-order valence-electron chi connectivity index (χ0n) is 10.8. The molecule has 2 heterocycles. The molecule has 0 radical (unpaired) electrons. The maximum Gasteiger partial charge on any atom is 0.277 e. The molecule has 0 spiro atoms. The zero-order chi connectivity index (χ0) is 13.7. The van der Waals surface area contributed by atoms with Gasteiger partial charge in [-0.15, -0.1) is 10.2 Å². The van der Waals surface area contributed by atoms with Gasteiger partial charge in [-0.2, -0.15) is 0 Å². The smallest absolute Gasteiger partial charge is 0.277 e. The fourth-order valence-corrected chi connectivity index (χ4v) is 1.52. The van der Waals surface area contributed by atoms with E-state index in [0.29, 0.717) is 11.6 Å². The van der Waals surface area contributed by atoms with E-state index in [-0.39, 0.29) is 11.6 Å². The number of carbonyl (C=O) groups excluding carboxylic acids is 1. The van der Waals surface area contributed by atoms with E-state index < -0.39 is 0 Å². The highest BCUT2D eigenvalue weighted by molar-refractivity contribution is 6.02. The third-order valence-corrected chi connectivity index (χ3v) is 2.39. The molecule has 2 N–H and O–H groups in total. The molecule has 2 aromatic rings. The largest absolute Gasteiger partial charge is 0.369 e. The second-order valence-corrected chi connectivity index (χ2v) is 3.95. The van der Waals surface area contributed by atoms with Crippen LogP contribution in [0, 0.1) is 6.92 Å². The lowest BCUT2D eigenvalue weighted by molar-refractivity contribution is 0.102. The first-order valence-electron chi connectivity index (χ1n) is 6.01. The molecule has 0 aliphatic heterocycles. The minimum Gasteiger partial charge on any atom is -0.369 e. The second-order valence-electron chi connectivity index (χ2n) is 3.95. The lowest BCUT2D eigenvalue weighted by atomic mass is 10.3. The van der Waals surface area contributed by atoms with Gasteiger partial charge in [-0.1, -0.05) is 6.07 Å². The van der Waals surface area contributed by atoms with Crippen LogP contribution in [0.1, 0.15) is 23.1 Å². The fraction of sp³-hybridized carbons (Fsp3) is 0.231. The SMILES string of the molecule is CCNc1ccc(C(=O)Nc2cccc(C)n2)nn1. The van der Waals surface area contributed by atoms with E-state index >= 15 is 0 Å². The molecule has 1 amide bonds. The third-order valence-electron chi connectivity index (χ3n) is 2.39. The molecule has 0 saturated heterocycles. The first kappa shape index (κ1) is 12.9. The number of pyridine rings is 1. The highest BCUT2D eigenvalue weighted by atomic mass is 16.2. The topological polar surface area (TPSA) is 79.8 Å². The summed E-state index contributed by atoms with van der Waals surface area (Å²) in [7, 11) is 0. The molecule has 6 nitrogen and oxygen atoms in total. The van der Waals surface area contributed by atoms with Gasteiger partial charge in [0.2, 0.25) is 0 Å². The van der Waals surface area contributed by atoms with Crippen molar-refractivity contribution in [2.75, 3.05) is 17.2 Å². The summed E-state index contributed by atoms with van der Waals surface area (Å²) in [6.07, 6.45) is 0. The molecule has 0 unspecified atom stereocenters. The van der Waals surface area contributed by atoms with Crippen molar-refractivity contribution in [3.8, 4) is 0 Å². The van der Waals surface area contributed by atoms with Crippen LogP contribution < -0.4 is 10.6 Å². The van der Waals surface area contributed by atoms with E-state index in [1.807, 2.05) is 26.0 Å². The van der Waals surface area contributed by atoms with Gasteiger partial charge < -0.3 is 10.6 Å². The van der Waals surface area contributed by atoms with Crippen LogP contribution in [0.4, 0.5) is 11.6 Å². The summed E-state index contributed by atoms with van der Waals surface area (Å²) in [4.78, 5) is 16.1. The van der Waals surface area contributed by atoms with Gasteiger partial charge in [0.25, 0.3) is 5.91 Å². The molecule has 2 aromatic heterocycles. The first-order chi connectivity index (χ1) is 9.19. The third kappa shape index (κ3) is 3.48. The number of aryl methyl sites for hydroxylation is 1. The van der Waals surface area contributed by atoms with Crippen LogP contribution >= 0.6 is 0 Å². The van der Waals surface area contributed by atoms with Crippen molar-refractivity contribution in [2.45, 2.75) is 13.8 Å². The number of nitrogens with one attached hydrogen (secondary N) is 2. The summed E-state index contributed by atoms with van der Waals surface area (Å²) >= 11 is 0. The Kier molecular flexibility index (Phi) is 4.02. The van der Waals surface area contributed by atoms with Crippen molar-refractivity contribution in [1.29, 1.82) is 0 Å². The van der Waals surface area contributed by atoms with Crippen molar-refractivity contribution in [3.63, 3.8) is 0 Å². The Balaban J connectivity index is 2.07. The van der Waals surface area contributed by atoms with Gasteiger partial charge in [0.15, 0.2) is 5.69 Å². The Morgan fingerprint density at radius 1 is 1.16 bits per heavy atom. The van der Waals surface area contributed by atoms with Crippen LogP contribution in [0.3, 0.4) is 0 Å². The van der Waals surface area contributed by atoms with Gasteiger partial charge in [0.1, 0.15) is 11.6 Å². The quantitative estimate of drug-likeness (QED) is 0.874. The van der Waals surface area contributed by atoms with Crippen molar-refractivity contribution in [1.82, 2.24) is 15.2 Å². The van der Waals surface area contributed by atoms with E-state index in [0.717, 1.165) is 12.2 Å². The number of amides is 1. The molecule has 0 aromatic carbocycles. The van der Waals surface area contributed by atoms with E-state index in [1.165, 1.54) is 0 Å². The summed E-state index contributed by atoms with van der Waals surface area (Å²) in [6, 6.07) is 8.76. The Morgan fingerprint density at radius 3 is 2.63 bits per heavy atom. The van der Waals surface area contributed by atoms with Gasteiger partial charge in [-0.25, -0.2) is 4.98 Å². The average molecular weight is 257 g/mol. The molecule has 0 aliphatic rings. The number of aromatic nitrogens is 3. The maximum atomic E-state index is 11.9. The molecular weight excluding hydrogens is 242 g/mol. The maximum absolute atomic E-state index is 11.9. The number of rotatable bonds is 4. The van der Waals surface area contributed by atoms with Crippen LogP contribution in [0.25, 0.3) is 0 Å². The fourth-order valence-electron chi connectivity index (χ4n) is 1.52. The van der Waals surface area contributed by atoms with E-state index in [9.17, 15) is 4.79 Å². The van der Waals surface area contributed by atoms with Gasteiger partial charge >= 0.3 is 0 Å². The standard InChI is InChI=1S/C13H15N5O/c1-3-14-11-8-7-10(17-18-11)13(19)16-12-6-4-5-9(2)15-12/h4-8H,3H2,1-2H3,(H,14,18)(H,15,16,19). The van der Waals surface area contributed by atoms with Gasteiger partial charge in [0.05, 0.1) is 0 Å². The zero-order valence-corrected chi connectivity index (χ0v) is 10.8. The monoisotopic (exact) mass is 257 g/mol. The average Bonchev–Trinajstić information content (AvgIpc) is 2.40. The van der Waals surface area contributed by atoms with Crippen LogP contribution in [0.15, 0.2) is 30.3 Å². The number of anilines is 2. The summed E-state index contributed by atoms with van der Waals surface area (Å²) in [6.45, 7) is 4.58. The van der Waals surface area contributed by atoms with E-state index in [4.69, 9.17) is 0 Å². The Bertz CT molecular complexity index is 568. The number of hydrogen-bond donors (Lipinski definition) is 2. The molecule has 19 heavy (non-hydrogen) atoms. The Morgan fingerprint density at radius 2 is 2.00 bits per heavy atom. The van der Waals surface area contributed by atoms with Crippen molar-refractivity contribution >= 4 is 17.5 Å². The Hall–Kier alpha value is -2.50. The van der Waals surface area contributed by atoms with E-state index in [2.05, 4.69) is 25.8 Å². The van der Waals surface area contributed by atoms with Gasteiger partial charge in [0, 0.05) is 12.2 Å². The summed E-state index contributed by atoms with van der Waals surface area (Å²) < 4.78 is 0. The van der Waals surface area contributed by atoms with Gasteiger partial charge in [-0.3, -0.25) is 4.79 Å². The Labute approximate surface area is 111 Å². The molecule has 0 bridgehead atoms. The lowest BCUT2D eigenvalue weighted by Crippen LogP contribution is -2.15. The summed E-state index contributed by atoms with van der Waals surface area (Å²) in [5.74, 6) is 0.823. The summed E-state index contributed by atoms with van der Waals surface area (Å²) in [5, 5.41) is 13.5. The molecule has 0 aliphatic carbocycles. The van der Waals surface area contributed by atoms with Crippen LogP contribution in [0.5, 0.6) is 0 Å². The minimum absolute atomic E-state index is 0.255. The predicted molar refractivity (Wildman–Crippen MR) is 73.1 cm³/mol. The number of hydrogen-bond acceptors (Lipinski definition) is 5. The highest BCUT2D eigenvalue weighted by Gasteiger charge is 2.09. The van der Waals surface area contributed by atoms with Crippen LogP contribution in [-0.4, -0.2) is 27.6 Å². The number of nitrogens with zero attached hydrogens (tertiary/aromatic N) is 3. The van der Waals surface area contributed by atoms with Crippen LogP contribution in [0.2, 0.25) is 0 Å². The second kappa shape index (κ2) is 5.90. The normalized spacial score (nSPS) is 10.0. The molecule has 2 rings (SSSR count).